The fourth-order valence-electron chi connectivity index (χ4n) is 3.83. The molecule has 0 radical (unpaired) electrons. The number of rotatable bonds is 11. The Morgan fingerprint density at radius 1 is 0.941 bits per heavy atom. The number of benzene rings is 3. The lowest BCUT2D eigenvalue weighted by Gasteiger charge is -2.31. The number of hydrogen-bond acceptors (Lipinski definition) is 4. The standard InChI is InChI=1S/C28H34N2O4/c1-5-20(3)29-28(32)25(6-2)30(18-21-14-16-23(33-4)17-15-21)27(31)19-34-26-13-9-11-22-10-7-8-12-24(22)26/h7-17,20,25H,5-6,18-19H2,1-4H3,(H,29,32). The highest BCUT2D eigenvalue weighted by Gasteiger charge is 2.29. The van der Waals surface area contributed by atoms with E-state index in [-0.39, 0.29) is 24.5 Å². The molecule has 2 unspecified atom stereocenters. The molecular weight excluding hydrogens is 428 g/mol. The molecule has 1 N–H and O–H groups in total. The third-order valence-electron chi connectivity index (χ3n) is 6.00. The number of nitrogens with one attached hydrogen (secondary N) is 1. The second-order valence-corrected chi connectivity index (χ2v) is 8.38. The Bertz CT molecular complexity index is 1090. The molecular formula is C28H34N2O4. The average molecular weight is 463 g/mol. The summed E-state index contributed by atoms with van der Waals surface area (Å²) in [6.45, 7) is 6.04. The second-order valence-electron chi connectivity index (χ2n) is 8.38. The average Bonchev–Trinajstić information content (AvgIpc) is 2.87. The summed E-state index contributed by atoms with van der Waals surface area (Å²) in [6.07, 6.45) is 1.32. The van der Waals surface area contributed by atoms with Crippen molar-refractivity contribution >= 4 is 22.6 Å². The predicted octanol–water partition coefficient (Wildman–Crippen LogP) is 4.95. The lowest BCUT2D eigenvalue weighted by atomic mass is 10.1. The van der Waals surface area contributed by atoms with Gasteiger partial charge in [-0.15, -0.1) is 0 Å². The number of hydrogen-bond donors (Lipinski definition) is 1. The van der Waals surface area contributed by atoms with Crippen LogP contribution in [0.3, 0.4) is 0 Å². The van der Waals surface area contributed by atoms with Crippen LogP contribution in [0.1, 0.15) is 39.2 Å². The summed E-state index contributed by atoms with van der Waals surface area (Å²) in [7, 11) is 1.61. The lowest BCUT2D eigenvalue weighted by molar-refractivity contribution is -0.143. The molecule has 6 nitrogen and oxygen atoms in total. The monoisotopic (exact) mass is 462 g/mol. The van der Waals surface area contributed by atoms with E-state index in [9.17, 15) is 9.59 Å². The summed E-state index contributed by atoms with van der Waals surface area (Å²) < 4.78 is 11.2. The molecule has 0 bridgehead atoms. The predicted molar refractivity (Wildman–Crippen MR) is 135 cm³/mol. The van der Waals surface area contributed by atoms with Crippen LogP contribution in [0.15, 0.2) is 66.7 Å². The number of nitrogens with zero attached hydrogens (tertiary/aromatic N) is 1. The van der Waals surface area contributed by atoms with Gasteiger partial charge in [-0.05, 0) is 48.9 Å². The summed E-state index contributed by atoms with van der Waals surface area (Å²) in [5.74, 6) is 0.995. The normalized spacial score (nSPS) is 12.6. The Hall–Kier alpha value is -3.54. The highest BCUT2D eigenvalue weighted by molar-refractivity contribution is 5.90. The zero-order valence-electron chi connectivity index (χ0n) is 20.4. The Morgan fingerprint density at radius 2 is 1.65 bits per heavy atom. The van der Waals surface area contributed by atoms with Gasteiger partial charge in [0, 0.05) is 18.0 Å². The highest BCUT2D eigenvalue weighted by Crippen LogP contribution is 2.25. The van der Waals surface area contributed by atoms with Crippen LogP contribution in [0.25, 0.3) is 10.8 Å². The zero-order chi connectivity index (χ0) is 24.5. The highest BCUT2D eigenvalue weighted by atomic mass is 16.5. The van der Waals surface area contributed by atoms with Crippen molar-refractivity contribution in [3.05, 3.63) is 72.3 Å². The number of amides is 2. The van der Waals surface area contributed by atoms with Crippen LogP contribution >= 0.6 is 0 Å². The first kappa shape index (κ1) is 25.1. The topological polar surface area (TPSA) is 67.9 Å². The van der Waals surface area contributed by atoms with Crippen molar-refractivity contribution in [3.63, 3.8) is 0 Å². The van der Waals surface area contributed by atoms with E-state index in [0.717, 1.165) is 28.5 Å². The summed E-state index contributed by atoms with van der Waals surface area (Å²) in [4.78, 5) is 28.1. The molecule has 0 heterocycles. The van der Waals surface area contributed by atoms with Gasteiger partial charge in [0.1, 0.15) is 17.5 Å². The van der Waals surface area contributed by atoms with Crippen LogP contribution < -0.4 is 14.8 Å². The fourth-order valence-corrected chi connectivity index (χ4v) is 3.83. The fraction of sp³-hybridized carbons (Fsp3) is 0.357. The van der Waals surface area contributed by atoms with Gasteiger partial charge in [0.25, 0.3) is 5.91 Å². The van der Waals surface area contributed by atoms with Crippen LogP contribution in [0.2, 0.25) is 0 Å². The van der Waals surface area contributed by atoms with Gasteiger partial charge in [-0.1, -0.05) is 62.4 Å². The third-order valence-corrected chi connectivity index (χ3v) is 6.00. The van der Waals surface area contributed by atoms with Crippen LogP contribution in [0, 0.1) is 0 Å². The molecule has 0 aromatic heterocycles. The number of methoxy groups -OCH3 is 1. The summed E-state index contributed by atoms with van der Waals surface area (Å²) in [5.41, 5.74) is 0.911. The minimum Gasteiger partial charge on any atom is -0.497 e. The number of ether oxygens (including phenoxy) is 2. The Labute approximate surface area is 201 Å². The largest absolute Gasteiger partial charge is 0.497 e. The minimum absolute atomic E-state index is 0.0337. The molecule has 0 aliphatic carbocycles. The second kappa shape index (κ2) is 12.1. The van der Waals surface area contributed by atoms with Gasteiger partial charge in [0.05, 0.1) is 7.11 Å². The molecule has 0 saturated heterocycles. The molecule has 3 aromatic carbocycles. The maximum Gasteiger partial charge on any atom is 0.261 e. The minimum atomic E-state index is -0.597. The van der Waals surface area contributed by atoms with E-state index in [1.54, 1.807) is 12.0 Å². The maximum absolute atomic E-state index is 13.4. The zero-order valence-corrected chi connectivity index (χ0v) is 20.4. The molecule has 0 aliphatic rings. The van der Waals surface area contributed by atoms with Gasteiger partial charge in [0.2, 0.25) is 5.91 Å². The van der Waals surface area contributed by atoms with E-state index in [2.05, 4.69) is 5.32 Å². The smallest absolute Gasteiger partial charge is 0.261 e. The van der Waals surface area contributed by atoms with Crippen LogP contribution in [0.5, 0.6) is 11.5 Å². The van der Waals surface area contributed by atoms with E-state index >= 15 is 0 Å². The quantitative estimate of drug-likeness (QED) is 0.438. The molecule has 0 saturated carbocycles. The van der Waals surface area contributed by atoms with Crippen molar-refractivity contribution in [1.29, 1.82) is 0 Å². The van der Waals surface area contributed by atoms with Gasteiger partial charge in [-0.3, -0.25) is 9.59 Å². The number of fused-ring (bicyclic) bond motifs is 1. The Balaban J connectivity index is 1.82. The van der Waals surface area contributed by atoms with Crippen molar-refractivity contribution in [2.75, 3.05) is 13.7 Å². The van der Waals surface area contributed by atoms with E-state index in [0.29, 0.717) is 18.7 Å². The van der Waals surface area contributed by atoms with Gasteiger partial charge in [-0.2, -0.15) is 0 Å². The van der Waals surface area contributed by atoms with Crippen molar-refractivity contribution < 1.29 is 19.1 Å². The van der Waals surface area contributed by atoms with Crippen molar-refractivity contribution in [3.8, 4) is 11.5 Å². The van der Waals surface area contributed by atoms with Gasteiger partial charge in [-0.25, -0.2) is 0 Å². The summed E-state index contributed by atoms with van der Waals surface area (Å²) in [5, 5.41) is 5.01. The molecule has 0 fully saturated rings. The molecule has 2 amide bonds. The van der Waals surface area contributed by atoms with Crippen LogP contribution in [-0.2, 0) is 16.1 Å². The van der Waals surface area contributed by atoms with Crippen LogP contribution in [-0.4, -0.2) is 42.5 Å². The van der Waals surface area contributed by atoms with Gasteiger partial charge < -0.3 is 19.7 Å². The van der Waals surface area contributed by atoms with Gasteiger partial charge in [0.15, 0.2) is 6.61 Å². The van der Waals surface area contributed by atoms with Crippen molar-refractivity contribution in [1.82, 2.24) is 10.2 Å². The van der Waals surface area contributed by atoms with Crippen molar-refractivity contribution in [2.45, 2.75) is 52.2 Å². The SMILES string of the molecule is CCC(C)NC(=O)C(CC)N(Cc1ccc(OC)cc1)C(=O)COc1cccc2ccccc12. The van der Waals surface area contributed by atoms with Gasteiger partial charge >= 0.3 is 0 Å². The molecule has 3 rings (SSSR count). The summed E-state index contributed by atoms with van der Waals surface area (Å²) >= 11 is 0. The van der Waals surface area contributed by atoms with E-state index < -0.39 is 6.04 Å². The molecule has 0 aliphatic heterocycles. The molecule has 3 aromatic rings. The molecule has 0 spiro atoms. The maximum atomic E-state index is 13.4. The molecule has 6 heteroatoms. The summed E-state index contributed by atoms with van der Waals surface area (Å²) in [6, 6.07) is 20.6. The van der Waals surface area contributed by atoms with E-state index in [4.69, 9.17) is 9.47 Å². The van der Waals surface area contributed by atoms with Crippen LogP contribution in [0.4, 0.5) is 0 Å². The number of carbonyl (C=O) groups excluding carboxylic acids is 2. The molecule has 34 heavy (non-hydrogen) atoms. The first-order valence-electron chi connectivity index (χ1n) is 11.8. The van der Waals surface area contributed by atoms with Crippen molar-refractivity contribution in [2.24, 2.45) is 0 Å². The van der Waals surface area contributed by atoms with E-state index in [1.807, 2.05) is 87.5 Å². The number of carbonyl (C=O) groups is 2. The van der Waals surface area contributed by atoms with E-state index in [1.165, 1.54) is 0 Å². The Kier molecular flexibility index (Phi) is 8.91. The Morgan fingerprint density at radius 3 is 2.32 bits per heavy atom. The molecule has 2 atom stereocenters. The first-order chi connectivity index (χ1) is 16.5. The first-order valence-corrected chi connectivity index (χ1v) is 11.8. The lowest BCUT2D eigenvalue weighted by Crippen LogP contribution is -2.51. The third kappa shape index (κ3) is 6.28. The molecule has 180 valence electrons.